The largest absolute Gasteiger partial charge is 0.343 e. The van der Waals surface area contributed by atoms with Crippen LogP contribution in [0.4, 0.5) is 5.95 Å². The lowest BCUT2D eigenvalue weighted by Crippen LogP contribution is -2.35. The van der Waals surface area contributed by atoms with Gasteiger partial charge in [0.25, 0.3) is 0 Å². The van der Waals surface area contributed by atoms with Crippen molar-refractivity contribution in [1.82, 2.24) is 29.6 Å². The molecule has 8 heteroatoms. The van der Waals surface area contributed by atoms with Crippen molar-refractivity contribution in [2.24, 2.45) is 0 Å². The van der Waals surface area contributed by atoms with Gasteiger partial charge in [-0.1, -0.05) is 0 Å². The van der Waals surface area contributed by atoms with Gasteiger partial charge >= 0.3 is 5.69 Å². The molecule has 0 aromatic carbocycles. The highest BCUT2D eigenvalue weighted by atomic mass is 16.1. The molecule has 1 N–H and O–H groups in total. The topological polar surface area (TPSA) is 82.9 Å². The Balaban J connectivity index is 1.39. The van der Waals surface area contributed by atoms with E-state index >= 15 is 0 Å². The fourth-order valence-electron chi connectivity index (χ4n) is 4.30. The van der Waals surface area contributed by atoms with E-state index in [0.29, 0.717) is 12.5 Å². The average Bonchev–Trinajstić information content (AvgIpc) is 3.10. The molecule has 0 saturated carbocycles. The van der Waals surface area contributed by atoms with E-state index in [0.717, 1.165) is 62.9 Å². The van der Waals surface area contributed by atoms with Crippen LogP contribution in [0.1, 0.15) is 56.3 Å². The standard InChI is InChI=1S/C19H29N7O/c1-2-26-17(22-23-19(26)27)16-7-6-8-24(14-16)13-15-11-20-18(21-12-15)25-9-4-3-5-10-25/h11-12,16H,2-10,13-14H2,1H3,(H,23,27)/t16-/m0/s1. The Labute approximate surface area is 159 Å². The first kappa shape index (κ1) is 18.2. The van der Waals surface area contributed by atoms with Crippen molar-refractivity contribution >= 4 is 5.95 Å². The van der Waals surface area contributed by atoms with Crippen molar-refractivity contribution in [2.75, 3.05) is 31.1 Å². The van der Waals surface area contributed by atoms with Gasteiger partial charge in [0.2, 0.25) is 5.95 Å². The minimum Gasteiger partial charge on any atom is -0.341 e. The summed E-state index contributed by atoms with van der Waals surface area (Å²) in [7, 11) is 0. The van der Waals surface area contributed by atoms with Gasteiger partial charge in [0.1, 0.15) is 5.82 Å². The van der Waals surface area contributed by atoms with Crippen LogP contribution < -0.4 is 10.6 Å². The Morgan fingerprint density at radius 3 is 2.63 bits per heavy atom. The Hall–Kier alpha value is -2.22. The highest BCUT2D eigenvalue weighted by molar-refractivity contribution is 5.30. The van der Waals surface area contributed by atoms with Crippen molar-refractivity contribution in [3.63, 3.8) is 0 Å². The number of hydrogen-bond acceptors (Lipinski definition) is 6. The summed E-state index contributed by atoms with van der Waals surface area (Å²) in [6, 6.07) is 0. The second-order valence-corrected chi connectivity index (χ2v) is 7.64. The molecule has 0 radical (unpaired) electrons. The minimum atomic E-state index is -0.105. The second kappa shape index (κ2) is 8.21. The molecule has 4 heterocycles. The number of hydrogen-bond donors (Lipinski definition) is 1. The van der Waals surface area contributed by atoms with Crippen molar-refractivity contribution < 1.29 is 0 Å². The summed E-state index contributed by atoms with van der Waals surface area (Å²) in [6.07, 6.45) is 9.90. The van der Waals surface area contributed by atoms with E-state index in [1.54, 1.807) is 4.57 Å². The summed E-state index contributed by atoms with van der Waals surface area (Å²) in [5.74, 6) is 2.05. The van der Waals surface area contributed by atoms with E-state index < -0.39 is 0 Å². The SMILES string of the molecule is CCn1c([C@H]2CCCN(Cc3cnc(N4CCCCC4)nc3)C2)n[nH]c1=O. The Kier molecular flexibility index (Phi) is 5.52. The lowest BCUT2D eigenvalue weighted by molar-refractivity contribution is 0.194. The maximum atomic E-state index is 11.9. The maximum Gasteiger partial charge on any atom is 0.343 e. The van der Waals surface area contributed by atoms with Crippen LogP contribution in [0.15, 0.2) is 17.2 Å². The quantitative estimate of drug-likeness (QED) is 0.862. The number of nitrogens with zero attached hydrogens (tertiary/aromatic N) is 6. The number of aromatic amines is 1. The van der Waals surface area contributed by atoms with Gasteiger partial charge < -0.3 is 4.90 Å². The highest BCUT2D eigenvalue weighted by Crippen LogP contribution is 2.26. The van der Waals surface area contributed by atoms with Crippen molar-refractivity contribution in [3.8, 4) is 0 Å². The molecule has 0 spiro atoms. The van der Waals surface area contributed by atoms with E-state index in [9.17, 15) is 4.79 Å². The molecule has 1 atom stereocenters. The van der Waals surface area contributed by atoms with Gasteiger partial charge in [0, 0.05) is 56.6 Å². The van der Waals surface area contributed by atoms with Crippen molar-refractivity contribution in [2.45, 2.75) is 58.0 Å². The zero-order valence-corrected chi connectivity index (χ0v) is 16.1. The van der Waals surface area contributed by atoms with Crippen LogP contribution in [0.5, 0.6) is 0 Å². The average molecular weight is 371 g/mol. The van der Waals surface area contributed by atoms with Crippen molar-refractivity contribution in [3.05, 3.63) is 34.3 Å². The van der Waals surface area contributed by atoms with Crippen LogP contribution in [0.3, 0.4) is 0 Å². The maximum absolute atomic E-state index is 11.9. The fourth-order valence-corrected chi connectivity index (χ4v) is 4.30. The van der Waals surface area contributed by atoms with E-state index in [4.69, 9.17) is 0 Å². The van der Waals surface area contributed by atoms with Crippen LogP contribution >= 0.6 is 0 Å². The number of H-pyrrole nitrogens is 1. The molecule has 8 nitrogen and oxygen atoms in total. The molecular weight excluding hydrogens is 342 g/mol. The molecule has 2 aliphatic heterocycles. The summed E-state index contributed by atoms with van der Waals surface area (Å²) in [4.78, 5) is 25.8. The number of nitrogens with one attached hydrogen (secondary N) is 1. The summed E-state index contributed by atoms with van der Waals surface area (Å²) in [6.45, 7) is 7.60. The summed E-state index contributed by atoms with van der Waals surface area (Å²) in [5.41, 5.74) is 1.04. The van der Waals surface area contributed by atoms with Gasteiger partial charge in [0.15, 0.2) is 0 Å². The van der Waals surface area contributed by atoms with Crippen LogP contribution in [-0.2, 0) is 13.1 Å². The first-order valence-corrected chi connectivity index (χ1v) is 10.2. The Morgan fingerprint density at radius 2 is 1.89 bits per heavy atom. The lowest BCUT2D eigenvalue weighted by Gasteiger charge is -2.32. The number of likely N-dealkylation sites (tertiary alicyclic amines) is 1. The highest BCUT2D eigenvalue weighted by Gasteiger charge is 2.26. The molecule has 0 bridgehead atoms. The first-order valence-electron chi connectivity index (χ1n) is 10.2. The monoisotopic (exact) mass is 371 g/mol. The zero-order valence-electron chi connectivity index (χ0n) is 16.1. The van der Waals surface area contributed by atoms with E-state index in [-0.39, 0.29) is 5.69 Å². The van der Waals surface area contributed by atoms with Gasteiger partial charge in [-0.3, -0.25) is 9.47 Å². The zero-order chi connectivity index (χ0) is 18.6. The molecule has 4 rings (SSSR count). The summed E-state index contributed by atoms with van der Waals surface area (Å²) < 4.78 is 1.75. The second-order valence-electron chi connectivity index (χ2n) is 7.64. The van der Waals surface area contributed by atoms with Crippen LogP contribution in [-0.4, -0.2) is 55.8 Å². The Bertz CT molecular complexity index is 791. The smallest absolute Gasteiger partial charge is 0.341 e. The third kappa shape index (κ3) is 4.05. The fraction of sp³-hybridized carbons (Fsp3) is 0.684. The van der Waals surface area contributed by atoms with Gasteiger partial charge in [0.05, 0.1) is 0 Å². The van der Waals surface area contributed by atoms with E-state index in [1.165, 1.54) is 19.3 Å². The molecule has 2 saturated heterocycles. The molecule has 2 aromatic heterocycles. The molecule has 27 heavy (non-hydrogen) atoms. The molecular formula is C19H29N7O. The number of rotatable bonds is 5. The third-order valence-electron chi connectivity index (χ3n) is 5.71. The number of piperidine rings is 2. The van der Waals surface area contributed by atoms with Crippen LogP contribution in [0.25, 0.3) is 0 Å². The predicted molar refractivity (Wildman–Crippen MR) is 104 cm³/mol. The first-order chi connectivity index (χ1) is 13.2. The molecule has 0 unspecified atom stereocenters. The summed E-state index contributed by atoms with van der Waals surface area (Å²) >= 11 is 0. The molecule has 2 aliphatic rings. The Morgan fingerprint density at radius 1 is 1.11 bits per heavy atom. The summed E-state index contributed by atoms with van der Waals surface area (Å²) in [5, 5.41) is 6.89. The van der Waals surface area contributed by atoms with Gasteiger partial charge in [-0.2, -0.15) is 5.10 Å². The number of aromatic nitrogens is 5. The minimum absolute atomic E-state index is 0.105. The lowest BCUT2D eigenvalue weighted by atomic mass is 9.97. The molecule has 2 fully saturated rings. The van der Waals surface area contributed by atoms with Gasteiger partial charge in [-0.05, 0) is 45.6 Å². The van der Waals surface area contributed by atoms with Crippen LogP contribution in [0, 0.1) is 0 Å². The molecule has 146 valence electrons. The molecule has 2 aromatic rings. The number of anilines is 1. The predicted octanol–water partition coefficient (Wildman–Crippen LogP) is 1.75. The van der Waals surface area contributed by atoms with Gasteiger partial charge in [-0.15, -0.1) is 0 Å². The van der Waals surface area contributed by atoms with Crippen LogP contribution in [0.2, 0.25) is 0 Å². The molecule has 0 aliphatic carbocycles. The molecule has 0 amide bonds. The normalized spacial score (nSPS) is 21.5. The van der Waals surface area contributed by atoms with E-state index in [2.05, 4.69) is 30.0 Å². The van der Waals surface area contributed by atoms with Gasteiger partial charge in [-0.25, -0.2) is 19.9 Å². The third-order valence-corrected chi connectivity index (χ3v) is 5.71. The van der Waals surface area contributed by atoms with E-state index in [1.807, 2.05) is 19.3 Å². The van der Waals surface area contributed by atoms with Crippen molar-refractivity contribution in [1.29, 1.82) is 0 Å².